The van der Waals surface area contributed by atoms with Gasteiger partial charge in [-0.15, -0.1) is 17.0 Å². The van der Waals surface area contributed by atoms with Crippen LogP contribution in [0.1, 0.15) is 23.2 Å². The summed E-state index contributed by atoms with van der Waals surface area (Å²) >= 11 is 5.92. The van der Waals surface area contributed by atoms with Crippen LogP contribution in [0.5, 0.6) is 0 Å². The third-order valence-corrected chi connectivity index (χ3v) is 4.71. The Morgan fingerprint density at radius 2 is 1.76 bits per heavy atom. The first-order valence-corrected chi connectivity index (χ1v) is 8.59. The predicted octanol–water partition coefficient (Wildman–Crippen LogP) is 4.58. The van der Waals surface area contributed by atoms with Crippen molar-refractivity contribution in [3.8, 4) is 0 Å². The number of hydrogen-bond acceptors (Lipinski definition) is 4. The molecule has 2 heterocycles. The molecule has 2 aromatic rings. The fourth-order valence-electron chi connectivity index (χ4n) is 3.26. The summed E-state index contributed by atoms with van der Waals surface area (Å²) in [5.41, 5.74) is 2.87. The highest BCUT2D eigenvalue weighted by Crippen LogP contribution is 2.38. The molecule has 4 rings (SSSR count). The van der Waals surface area contributed by atoms with E-state index in [1.807, 2.05) is 17.0 Å². The summed E-state index contributed by atoms with van der Waals surface area (Å²) in [6.07, 6.45) is 2.20. The second-order valence-electron chi connectivity index (χ2n) is 6.05. The maximum absolute atomic E-state index is 12.7. The van der Waals surface area contributed by atoms with E-state index < -0.39 is 0 Å². The minimum atomic E-state index is 0. The zero-order valence-corrected chi connectivity index (χ0v) is 16.2. The number of para-hydroxylation sites is 2. The summed E-state index contributed by atoms with van der Waals surface area (Å²) < 4.78 is 0. The third kappa shape index (κ3) is 3.44. The van der Waals surface area contributed by atoms with E-state index in [9.17, 15) is 4.79 Å². The molecule has 25 heavy (non-hydrogen) atoms. The third-order valence-electron chi connectivity index (χ3n) is 4.46. The first-order chi connectivity index (χ1) is 11.7. The van der Waals surface area contributed by atoms with Gasteiger partial charge in [-0.05, 0) is 49.2 Å². The van der Waals surface area contributed by atoms with E-state index in [1.54, 1.807) is 24.3 Å². The summed E-state index contributed by atoms with van der Waals surface area (Å²) in [6.45, 7) is 2.04. The maximum atomic E-state index is 12.7. The van der Waals surface area contributed by atoms with Crippen molar-refractivity contribution in [2.75, 3.05) is 29.4 Å². The molecule has 0 radical (unpaired) electrons. The van der Waals surface area contributed by atoms with Crippen LogP contribution in [-0.2, 0) is 0 Å². The van der Waals surface area contributed by atoms with Gasteiger partial charge in [0.1, 0.15) is 0 Å². The smallest absolute Gasteiger partial charge is 0.206 e. The van der Waals surface area contributed by atoms with Crippen LogP contribution in [0.2, 0.25) is 5.02 Å². The first-order valence-electron chi connectivity index (χ1n) is 8.21. The Bertz CT molecular complexity index is 807. The molecule has 6 heteroatoms. The van der Waals surface area contributed by atoms with Crippen molar-refractivity contribution in [3.63, 3.8) is 0 Å². The number of Topliss-reactive ketones (excluding diaryl/α,β-unsaturated/α-hetero) is 1. The van der Waals surface area contributed by atoms with Crippen molar-refractivity contribution in [3.05, 3.63) is 59.1 Å². The summed E-state index contributed by atoms with van der Waals surface area (Å²) in [7, 11) is 0. The molecular weight excluding hydrogens is 402 g/mol. The van der Waals surface area contributed by atoms with Gasteiger partial charge in [0.25, 0.3) is 0 Å². The van der Waals surface area contributed by atoms with Gasteiger partial charge in [-0.2, -0.15) is 0 Å². The highest BCUT2D eigenvalue weighted by molar-refractivity contribution is 8.93. The van der Waals surface area contributed by atoms with Gasteiger partial charge >= 0.3 is 0 Å². The monoisotopic (exact) mass is 419 g/mol. The van der Waals surface area contributed by atoms with Crippen LogP contribution >= 0.6 is 28.6 Å². The molecule has 0 aromatic heterocycles. The molecular formula is C19H19BrClN3O. The Labute approximate surface area is 162 Å². The molecule has 2 aliphatic rings. The van der Waals surface area contributed by atoms with E-state index in [4.69, 9.17) is 16.6 Å². The molecule has 0 saturated heterocycles. The molecule has 0 saturated carbocycles. The zero-order valence-electron chi connectivity index (χ0n) is 13.7. The lowest BCUT2D eigenvalue weighted by Crippen LogP contribution is -2.41. The van der Waals surface area contributed by atoms with Crippen LogP contribution in [0.25, 0.3) is 0 Å². The summed E-state index contributed by atoms with van der Waals surface area (Å²) in [5.74, 6) is 0.964. The fraction of sp³-hybridized carbons (Fsp3) is 0.263. The number of guanidine groups is 1. The van der Waals surface area contributed by atoms with Gasteiger partial charge in [-0.25, -0.2) is 0 Å². The molecule has 0 unspecified atom stereocenters. The average Bonchev–Trinajstić information content (AvgIpc) is 2.76. The highest BCUT2D eigenvalue weighted by atomic mass is 79.9. The summed E-state index contributed by atoms with van der Waals surface area (Å²) in [6, 6.07) is 15.3. The number of ketones is 1. The number of carbonyl (C=O) groups is 1. The lowest BCUT2D eigenvalue weighted by molar-refractivity contribution is 0.100. The van der Waals surface area contributed by atoms with E-state index in [0.717, 1.165) is 43.3 Å². The summed E-state index contributed by atoms with van der Waals surface area (Å²) in [5, 5.41) is 0.636. The lowest BCUT2D eigenvalue weighted by atomic mass is 10.1. The van der Waals surface area contributed by atoms with Crippen molar-refractivity contribution >= 4 is 51.7 Å². The Morgan fingerprint density at radius 3 is 2.52 bits per heavy atom. The number of fused-ring (bicyclic) bond motifs is 3. The molecule has 4 nitrogen and oxygen atoms in total. The lowest BCUT2D eigenvalue weighted by Gasteiger charge is -2.22. The number of nitrogens with zero attached hydrogens (tertiary/aromatic N) is 3. The minimum absolute atomic E-state index is 0. The topological polar surface area (TPSA) is 35.9 Å². The van der Waals surface area contributed by atoms with E-state index in [-0.39, 0.29) is 29.3 Å². The number of rotatable bonds is 3. The van der Waals surface area contributed by atoms with Gasteiger partial charge in [0.05, 0.1) is 17.9 Å². The highest BCUT2D eigenvalue weighted by Gasteiger charge is 2.34. The van der Waals surface area contributed by atoms with Crippen LogP contribution in [0.4, 0.5) is 11.4 Å². The van der Waals surface area contributed by atoms with Crippen LogP contribution in [0.3, 0.4) is 0 Å². The molecule has 130 valence electrons. The van der Waals surface area contributed by atoms with Crippen molar-refractivity contribution in [1.82, 2.24) is 0 Å². The first kappa shape index (κ1) is 18.0. The van der Waals surface area contributed by atoms with E-state index in [2.05, 4.69) is 17.0 Å². The minimum Gasteiger partial charge on any atom is -0.310 e. The van der Waals surface area contributed by atoms with Crippen molar-refractivity contribution in [2.45, 2.75) is 12.8 Å². The maximum Gasteiger partial charge on any atom is 0.206 e. The van der Waals surface area contributed by atoms with Gasteiger partial charge < -0.3 is 9.80 Å². The molecule has 2 aliphatic heterocycles. The molecule has 2 aromatic carbocycles. The van der Waals surface area contributed by atoms with Gasteiger partial charge in [0.15, 0.2) is 5.78 Å². The van der Waals surface area contributed by atoms with Gasteiger partial charge in [0.2, 0.25) is 5.96 Å². The molecule has 0 fully saturated rings. The Morgan fingerprint density at radius 1 is 1.04 bits per heavy atom. The van der Waals surface area contributed by atoms with E-state index in [0.29, 0.717) is 10.6 Å². The SMILES string of the molecule is Br.O=C(CN1C2=NCCCCN2c2ccccc21)c1ccc(Cl)cc1. The Kier molecular flexibility index (Phi) is 5.45. The van der Waals surface area contributed by atoms with Crippen molar-refractivity contribution < 1.29 is 4.79 Å². The Hall–Kier alpha value is -1.85. The number of halogens is 2. The van der Waals surface area contributed by atoms with Crippen LogP contribution in [0.15, 0.2) is 53.5 Å². The second-order valence-corrected chi connectivity index (χ2v) is 6.48. The van der Waals surface area contributed by atoms with Gasteiger partial charge in [-0.1, -0.05) is 23.7 Å². The van der Waals surface area contributed by atoms with Crippen molar-refractivity contribution in [1.29, 1.82) is 0 Å². The van der Waals surface area contributed by atoms with Crippen LogP contribution < -0.4 is 9.80 Å². The van der Waals surface area contributed by atoms with Gasteiger partial charge in [0, 0.05) is 23.7 Å². The molecule has 0 amide bonds. The van der Waals surface area contributed by atoms with Crippen LogP contribution in [-0.4, -0.2) is 31.4 Å². The molecule has 0 atom stereocenters. The number of aliphatic imine (C=N–C) groups is 1. The fourth-order valence-corrected chi connectivity index (χ4v) is 3.39. The van der Waals surface area contributed by atoms with E-state index >= 15 is 0 Å². The number of hydrogen-bond donors (Lipinski definition) is 0. The van der Waals surface area contributed by atoms with Crippen molar-refractivity contribution in [2.24, 2.45) is 4.99 Å². The van der Waals surface area contributed by atoms with Gasteiger partial charge in [-0.3, -0.25) is 9.79 Å². The van der Waals surface area contributed by atoms with Crippen LogP contribution in [0, 0.1) is 0 Å². The molecule has 0 spiro atoms. The molecule has 0 N–H and O–H groups in total. The average molecular weight is 421 g/mol. The van der Waals surface area contributed by atoms with E-state index in [1.165, 1.54) is 0 Å². The predicted molar refractivity (Wildman–Crippen MR) is 109 cm³/mol. The Balaban J connectivity index is 0.00000182. The summed E-state index contributed by atoms with van der Waals surface area (Å²) in [4.78, 5) is 21.7. The molecule has 0 aliphatic carbocycles. The standard InChI is InChI=1S/C19H18ClN3O.BrH/c20-15-9-7-14(8-10-15)18(24)13-23-17-6-2-1-5-16(17)22-12-4-3-11-21-19(22)23;/h1-2,5-10H,3-4,11-13H2;1H. The number of anilines is 2. The largest absolute Gasteiger partial charge is 0.310 e. The zero-order chi connectivity index (χ0) is 16.5. The quantitative estimate of drug-likeness (QED) is 0.682. The second kappa shape index (κ2) is 7.58. The molecule has 0 bridgehead atoms. The number of benzene rings is 2. The normalized spacial score (nSPS) is 15.6. The number of carbonyl (C=O) groups excluding carboxylic acids is 1.